The molecule has 2 amide bonds. The van der Waals surface area contributed by atoms with Gasteiger partial charge in [0.15, 0.2) is 0 Å². The molecule has 0 spiro atoms. The van der Waals surface area contributed by atoms with Gasteiger partial charge in [0.1, 0.15) is 0 Å². The van der Waals surface area contributed by atoms with Crippen molar-refractivity contribution in [3.8, 4) is 6.07 Å². The van der Waals surface area contributed by atoms with Gasteiger partial charge in [0, 0.05) is 13.6 Å². The SMILES string of the molecule is CN(Cc1cccc(C#N)c1)C(=O)CNC(=O)CN. The van der Waals surface area contributed by atoms with Crippen LogP contribution in [0.25, 0.3) is 0 Å². The summed E-state index contributed by atoms with van der Waals surface area (Å²) in [6.07, 6.45) is 0. The van der Waals surface area contributed by atoms with Crippen LogP contribution in [0.2, 0.25) is 0 Å². The predicted molar refractivity (Wildman–Crippen MR) is 69.7 cm³/mol. The highest BCUT2D eigenvalue weighted by molar-refractivity contribution is 5.85. The Kier molecular flexibility index (Phi) is 5.51. The van der Waals surface area contributed by atoms with Gasteiger partial charge < -0.3 is 16.0 Å². The Morgan fingerprint density at radius 1 is 1.47 bits per heavy atom. The molecule has 6 nitrogen and oxygen atoms in total. The van der Waals surface area contributed by atoms with Crippen molar-refractivity contribution in [2.75, 3.05) is 20.1 Å². The van der Waals surface area contributed by atoms with Gasteiger partial charge >= 0.3 is 0 Å². The minimum Gasteiger partial charge on any atom is -0.346 e. The van der Waals surface area contributed by atoms with E-state index in [4.69, 9.17) is 11.0 Å². The van der Waals surface area contributed by atoms with Gasteiger partial charge in [0.25, 0.3) is 0 Å². The lowest BCUT2D eigenvalue weighted by Crippen LogP contribution is -2.40. The standard InChI is InChI=1S/C13H16N4O2/c1-17(13(19)8-16-12(18)7-15)9-11-4-2-3-10(5-11)6-14/h2-5H,7-9,15H2,1H3,(H,16,18). The smallest absolute Gasteiger partial charge is 0.242 e. The number of carbonyl (C=O) groups excluding carboxylic acids is 2. The Hall–Kier alpha value is -2.39. The first-order chi connectivity index (χ1) is 9.06. The summed E-state index contributed by atoms with van der Waals surface area (Å²) in [6, 6.07) is 9.07. The van der Waals surface area contributed by atoms with Crippen molar-refractivity contribution in [2.24, 2.45) is 5.73 Å². The zero-order chi connectivity index (χ0) is 14.3. The molecule has 1 rings (SSSR count). The number of nitrogens with two attached hydrogens (primary N) is 1. The van der Waals surface area contributed by atoms with Crippen LogP contribution in [0.3, 0.4) is 0 Å². The topological polar surface area (TPSA) is 99.2 Å². The molecule has 0 aliphatic rings. The zero-order valence-electron chi connectivity index (χ0n) is 10.7. The minimum atomic E-state index is -0.367. The zero-order valence-corrected chi connectivity index (χ0v) is 10.7. The molecule has 1 aromatic carbocycles. The van der Waals surface area contributed by atoms with E-state index in [1.165, 1.54) is 4.90 Å². The second kappa shape index (κ2) is 7.13. The Morgan fingerprint density at radius 2 is 2.21 bits per heavy atom. The van der Waals surface area contributed by atoms with Crippen molar-refractivity contribution in [1.29, 1.82) is 5.26 Å². The molecule has 0 aromatic heterocycles. The summed E-state index contributed by atoms with van der Waals surface area (Å²) < 4.78 is 0. The number of nitriles is 1. The van der Waals surface area contributed by atoms with E-state index in [0.29, 0.717) is 12.1 Å². The monoisotopic (exact) mass is 260 g/mol. The molecule has 0 heterocycles. The van der Waals surface area contributed by atoms with Crippen LogP contribution in [-0.2, 0) is 16.1 Å². The van der Waals surface area contributed by atoms with Crippen molar-refractivity contribution < 1.29 is 9.59 Å². The molecule has 19 heavy (non-hydrogen) atoms. The summed E-state index contributed by atoms with van der Waals surface area (Å²) >= 11 is 0. The lowest BCUT2D eigenvalue weighted by molar-refractivity contribution is -0.131. The van der Waals surface area contributed by atoms with E-state index in [1.54, 1.807) is 25.2 Å². The molecule has 1 aromatic rings. The Morgan fingerprint density at radius 3 is 2.84 bits per heavy atom. The number of nitrogens with zero attached hydrogens (tertiary/aromatic N) is 2. The first-order valence-corrected chi connectivity index (χ1v) is 5.76. The molecule has 0 bridgehead atoms. The van der Waals surface area contributed by atoms with Crippen LogP contribution in [0.5, 0.6) is 0 Å². The maximum Gasteiger partial charge on any atom is 0.242 e. The summed E-state index contributed by atoms with van der Waals surface area (Å²) in [7, 11) is 1.63. The fourth-order valence-corrected chi connectivity index (χ4v) is 1.48. The fourth-order valence-electron chi connectivity index (χ4n) is 1.48. The van der Waals surface area contributed by atoms with Gasteiger partial charge in [-0.15, -0.1) is 0 Å². The van der Waals surface area contributed by atoms with Crippen LogP contribution < -0.4 is 11.1 Å². The average Bonchev–Trinajstić information content (AvgIpc) is 2.44. The first kappa shape index (κ1) is 14.7. The van der Waals surface area contributed by atoms with E-state index in [-0.39, 0.29) is 24.9 Å². The van der Waals surface area contributed by atoms with E-state index < -0.39 is 0 Å². The van der Waals surface area contributed by atoms with Crippen LogP contribution in [0.15, 0.2) is 24.3 Å². The molecule has 100 valence electrons. The maximum absolute atomic E-state index is 11.7. The molecule has 0 fully saturated rings. The molecule has 0 radical (unpaired) electrons. The van der Waals surface area contributed by atoms with Gasteiger partial charge in [-0.3, -0.25) is 9.59 Å². The molecule has 6 heteroatoms. The maximum atomic E-state index is 11.7. The molecule has 3 N–H and O–H groups in total. The van der Waals surface area contributed by atoms with Crippen molar-refractivity contribution in [3.05, 3.63) is 35.4 Å². The van der Waals surface area contributed by atoms with Gasteiger partial charge in [-0.1, -0.05) is 12.1 Å². The molecule has 0 aliphatic carbocycles. The van der Waals surface area contributed by atoms with Crippen molar-refractivity contribution >= 4 is 11.8 Å². The van der Waals surface area contributed by atoms with Crippen LogP contribution in [0.1, 0.15) is 11.1 Å². The summed E-state index contributed by atoms with van der Waals surface area (Å²) in [4.78, 5) is 24.1. The van der Waals surface area contributed by atoms with E-state index in [1.807, 2.05) is 12.1 Å². The molecular formula is C13H16N4O2. The van der Waals surface area contributed by atoms with E-state index in [0.717, 1.165) is 5.56 Å². The Bertz CT molecular complexity index is 508. The Labute approximate surface area is 111 Å². The van der Waals surface area contributed by atoms with Crippen LogP contribution in [-0.4, -0.2) is 36.9 Å². The number of hydrogen-bond acceptors (Lipinski definition) is 4. The lowest BCUT2D eigenvalue weighted by Gasteiger charge is -2.17. The quantitative estimate of drug-likeness (QED) is 0.751. The number of amides is 2. The molecule has 0 saturated heterocycles. The van der Waals surface area contributed by atoms with Gasteiger partial charge in [-0.05, 0) is 17.7 Å². The lowest BCUT2D eigenvalue weighted by atomic mass is 10.1. The first-order valence-electron chi connectivity index (χ1n) is 5.76. The third-order valence-electron chi connectivity index (χ3n) is 2.52. The molecule has 0 aliphatic heterocycles. The van der Waals surface area contributed by atoms with E-state index in [9.17, 15) is 9.59 Å². The minimum absolute atomic E-state index is 0.0789. The normalized spacial score (nSPS) is 9.53. The average molecular weight is 260 g/mol. The highest BCUT2D eigenvalue weighted by atomic mass is 16.2. The third kappa shape index (κ3) is 4.77. The largest absolute Gasteiger partial charge is 0.346 e. The van der Waals surface area contributed by atoms with Crippen molar-refractivity contribution in [3.63, 3.8) is 0 Å². The van der Waals surface area contributed by atoms with Crippen LogP contribution >= 0.6 is 0 Å². The van der Waals surface area contributed by atoms with Crippen LogP contribution in [0.4, 0.5) is 0 Å². The second-order valence-electron chi connectivity index (χ2n) is 4.04. The fraction of sp³-hybridized carbons (Fsp3) is 0.308. The molecule has 0 atom stereocenters. The highest BCUT2D eigenvalue weighted by Gasteiger charge is 2.10. The Balaban J connectivity index is 2.54. The number of hydrogen-bond donors (Lipinski definition) is 2. The van der Waals surface area contributed by atoms with Crippen molar-refractivity contribution in [2.45, 2.75) is 6.54 Å². The summed E-state index contributed by atoms with van der Waals surface area (Å²) in [6.45, 7) is 0.165. The van der Waals surface area contributed by atoms with Gasteiger partial charge in [-0.2, -0.15) is 5.26 Å². The molecule has 0 unspecified atom stereocenters. The highest BCUT2D eigenvalue weighted by Crippen LogP contribution is 2.06. The van der Waals surface area contributed by atoms with Gasteiger partial charge in [0.05, 0.1) is 24.7 Å². The van der Waals surface area contributed by atoms with E-state index >= 15 is 0 Å². The number of carbonyl (C=O) groups is 2. The third-order valence-corrected chi connectivity index (χ3v) is 2.52. The summed E-state index contributed by atoms with van der Waals surface area (Å²) in [5.74, 6) is -0.586. The van der Waals surface area contributed by atoms with Crippen LogP contribution in [0, 0.1) is 11.3 Å². The van der Waals surface area contributed by atoms with Gasteiger partial charge in [-0.25, -0.2) is 0 Å². The summed E-state index contributed by atoms with van der Waals surface area (Å²) in [5.41, 5.74) is 6.53. The predicted octanol–water partition coefficient (Wildman–Crippen LogP) is -0.408. The van der Waals surface area contributed by atoms with Crippen molar-refractivity contribution in [1.82, 2.24) is 10.2 Å². The van der Waals surface area contributed by atoms with E-state index in [2.05, 4.69) is 5.32 Å². The number of rotatable bonds is 5. The van der Waals surface area contributed by atoms with Gasteiger partial charge in [0.2, 0.25) is 11.8 Å². The number of likely N-dealkylation sites (N-methyl/N-ethyl adjacent to an activating group) is 1. The summed E-state index contributed by atoms with van der Waals surface area (Å²) in [5, 5.41) is 11.2. The second-order valence-corrected chi connectivity index (χ2v) is 4.04. The molecular weight excluding hydrogens is 244 g/mol. The number of benzene rings is 1. The number of nitrogens with one attached hydrogen (secondary N) is 1. The molecule has 0 saturated carbocycles.